The van der Waals surface area contributed by atoms with Crippen molar-refractivity contribution < 1.29 is 0 Å². The van der Waals surface area contributed by atoms with Gasteiger partial charge in [-0.15, -0.1) is 0 Å². The summed E-state index contributed by atoms with van der Waals surface area (Å²) in [4.78, 5) is 3.92. The first-order valence-electron chi connectivity index (χ1n) is 2.58. The molecule has 0 bridgehead atoms. The molecule has 0 saturated heterocycles. The molecule has 48 valence electrons. The van der Waals surface area contributed by atoms with Crippen LogP contribution >= 0.6 is 11.6 Å². The minimum Gasteiger partial charge on any atom is -0.399 e. The fraction of sp³-hybridized carbons (Fsp3) is 0.167. The number of pyridine rings is 1. The number of anilines is 1. The van der Waals surface area contributed by atoms with E-state index in [1.165, 1.54) is 0 Å². The van der Waals surface area contributed by atoms with Gasteiger partial charge >= 0.3 is 0 Å². The molecule has 0 saturated carbocycles. The number of nitrogen functional groups attached to an aromatic ring is 1. The molecule has 1 rings (SSSR count). The minimum absolute atomic E-state index is 0.451. The molecule has 0 spiro atoms. The molecule has 0 aliphatic rings. The Bertz CT molecular complexity index is 172. The van der Waals surface area contributed by atoms with Crippen LogP contribution in [0.2, 0.25) is 5.15 Å². The van der Waals surface area contributed by atoms with E-state index in [0.717, 1.165) is 5.69 Å². The SMILES string of the molecule is Cc1cc(N)cc(Cl)n1. The van der Waals surface area contributed by atoms with Crippen molar-refractivity contribution in [3.05, 3.63) is 23.0 Å². The summed E-state index contributed by atoms with van der Waals surface area (Å²) in [6.07, 6.45) is 0. The Morgan fingerprint density at radius 2 is 2.22 bits per heavy atom. The number of aryl methyl sites for hydroxylation is 1. The molecule has 1 aromatic rings. The molecule has 0 aliphatic carbocycles. The van der Waals surface area contributed by atoms with E-state index in [4.69, 9.17) is 17.3 Å². The first-order chi connectivity index (χ1) is 4.18. The topological polar surface area (TPSA) is 38.9 Å². The van der Waals surface area contributed by atoms with E-state index in [0.29, 0.717) is 10.8 Å². The van der Waals surface area contributed by atoms with Crippen molar-refractivity contribution in [2.24, 2.45) is 0 Å². The Morgan fingerprint density at radius 3 is 2.67 bits per heavy atom. The van der Waals surface area contributed by atoms with Gasteiger partial charge in [0.15, 0.2) is 0 Å². The zero-order chi connectivity index (χ0) is 6.85. The van der Waals surface area contributed by atoms with E-state index < -0.39 is 0 Å². The van der Waals surface area contributed by atoms with E-state index in [2.05, 4.69) is 4.98 Å². The molecule has 1 aromatic heterocycles. The maximum Gasteiger partial charge on any atom is 0.131 e. The van der Waals surface area contributed by atoms with Crippen LogP contribution in [0.5, 0.6) is 0 Å². The molecular formula is C6H7ClN2. The highest BCUT2D eigenvalue weighted by atomic mass is 35.5. The number of aromatic nitrogens is 1. The third-order valence-corrected chi connectivity index (χ3v) is 1.14. The maximum atomic E-state index is 5.56. The van der Waals surface area contributed by atoms with Crippen molar-refractivity contribution in [1.82, 2.24) is 4.98 Å². The molecule has 2 N–H and O–H groups in total. The Balaban J connectivity index is 3.17. The summed E-state index contributed by atoms with van der Waals surface area (Å²) >= 11 is 5.56. The monoisotopic (exact) mass is 142 g/mol. The van der Waals surface area contributed by atoms with Crippen LogP contribution < -0.4 is 5.73 Å². The Kier molecular flexibility index (Phi) is 1.58. The highest BCUT2D eigenvalue weighted by molar-refractivity contribution is 6.29. The Morgan fingerprint density at radius 1 is 1.56 bits per heavy atom. The van der Waals surface area contributed by atoms with Gasteiger partial charge in [-0.3, -0.25) is 0 Å². The number of halogens is 1. The second-order valence-corrected chi connectivity index (χ2v) is 2.25. The predicted octanol–water partition coefficient (Wildman–Crippen LogP) is 1.63. The summed E-state index contributed by atoms with van der Waals surface area (Å²) in [5, 5.41) is 0.451. The zero-order valence-corrected chi connectivity index (χ0v) is 5.81. The third-order valence-electron chi connectivity index (χ3n) is 0.944. The van der Waals surface area contributed by atoms with Gasteiger partial charge in [-0.05, 0) is 19.1 Å². The van der Waals surface area contributed by atoms with E-state index >= 15 is 0 Å². The first-order valence-corrected chi connectivity index (χ1v) is 2.96. The Hall–Kier alpha value is -0.760. The van der Waals surface area contributed by atoms with Gasteiger partial charge in [0.25, 0.3) is 0 Å². The fourth-order valence-electron chi connectivity index (χ4n) is 0.653. The third kappa shape index (κ3) is 1.57. The van der Waals surface area contributed by atoms with Crippen LogP contribution in [-0.2, 0) is 0 Å². The van der Waals surface area contributed by atoms with Crippen molar-refractivity contribution in [3.63, 3.8) is 0 Å². The molecule has 0 amide bonds. The number of hydrogen-bond acceptors (Lipinski definition) is 2. The summed E-state index contributed by atoms with van der Waals surface area (Å²) in [5.74, 6) is 0. The summed E-state index contributed by atoms with van der Waals surface area (Å²) in [6.45, 7) is 1.85. The van der Waals surface area contributed by atoms with Crippen LogP contribution in [0.25, 0.3) is 0 Å². The lowest BCUT2D eigenvalue weighted by atomic mass is 10.3. The van der Waals surface area contributed by atoms with Gasteiger partial charge in [-0.2, -0.15) is 0 Å². The van der Waals surface area contributed by atoms with Crippen LogP contribution in [0.4, 0.5) is 5.69 Å². The first kappa shape index (κ1) is 6.36. The van der Waals surface area contributed by atoms with Crippen LogP contribution in [0.15, 0.2) is 12.1 Å². The lowest BCUT2D eigenvalue weighted by Crippen LogP contribution is -1.88. The Labute approximate surface area is 58.7 Å². The molecule has 0 unspecified atom stereocenters. The highest BCUT2D eigenvalue weighted by Gasteiger charge is 1.91. The summed E-state index contributed by atoms with van der Waals surface area (Å²) < 4.78 is 0. The van der Waals surface area contributed by atoms with Gasteiger partial charge in [0, 0.05) is 11.4 Å². The molecule has 0 aromatic carbocycles. The lowest BCUT2D eigenvalue weighted by molar-refractivity contribution is 1.20. The van der Waals surface area contributed by atoms with Gasteiger partial charge in [0.2, 0.25) is 0 Å². The average Bonchev–Trinajstić information content (AvgIpc) is 1.59. The largest absolute Gasteiger partial charge is 0.399 e. The number of nitrogens with zero attached hydrogens (tertiary/aromatic N) is 1. The number of hydrogen-bond donors (Lipinski definition) is 1. The smallest absolute Gasteiger partial charge is 0.131 e. The molecule has 1 heterocycles. The van der Waals surface area contributed by atoms with Crippen molar-refractivity contribution in [3.8, 4) is 0 Å². The predicted molar refractivity (Wildman–Crippen MR) is 38.4 cm³/mol. The molecule has 0 atom stereocenters. The second-order valence-electron chi connectivity index (χ2n) is 1.86. The normalized spacial score (nSPS) is 9.56. The quantitative estimate of drug-likeness (QED) is 0.560. The highest BCUT2D eigenvalue weighted by Crippen LogP contribution is 2.10. The van der Waals surface area contributed by atoms with Gasteiger partial charge < -0.3 is 5.73 Å². The van der Waals surface area contributed by atoms with Gasteiger partial charge in [-0.25, -0.2) is 4.98 Å². The lowest BCUT2D eigenvalue weighted by Gasteiger charge is -1.94. The summed E-state index contributed by atoms with van der Waals surface area (Å²) in [5.41, 5.74) is 6.94. The van der Waals surface area contributed by atoms with Crippen LogP contribution in [0, 0.1) is 6.92 Å². The molecule has 3 heteroatoms. The second kappa shape index (κ2) is 2.23. The molecule has 0 radical (unpaired) electrons. The molecule has 0 fully saturated rings. The molecule has 9 heavy (non-hydrogen) atoms. The van der Waals surface area contributed by atoms with Gasteiger partial charge in [-0.1, -0.05) is 11.6 Å². The van der Waals surface area contributed by atoms with Crippen LogP contribution in [-0.4, -0.2) is 4.98 Å². The number of nitrogens with two attached hydrogens (primary N) is 1. The van der Waals surface area contributed by atoms with E-state index in [-0.39, 0.29) is 0 Å². The van der Waals surface area contributed by atoms with Crippen LogP contribution in [0.1, 0.15) is 5.69 Å². The summed E-state index contributed by atoms with van der Waals surface area (Å²) in [6, 6.07) is 3.39. The summed E-state index contributed by atoms with van der Waals surface area (Å²) in [7, 11) is 0. The minimum atomic E-state index is 0.451. The molecular weight excluding hydrogens is 136 g/mol. The van der Waals surface area contributed by atoms with Gasteiger partial charge in [0.05, 0.1) is 0 Å². The maximum absolute atomic E-state index is 5.56. The van der Waals surface area contributed by atoms with E-state index in [9.17, 15) is 0 Å². The standard InChI is InChI=1S/C6H7ClN2/c1-4-2-5(8)3-6(7)9-4/h2-3H,1H3,(H2,8,9). The molecule has 0 aliphatic heterocycles. The van der Waals surface area contributed by atoms with Gasteiger partial charge in [0.1, 0.15) is 5.15 Å². The van der Waals surface area contributed by atoms with Crippen molar-refractivity contribution in [2.45, 2.75) is 6.92 Å². The number of rotatable bonds is 0. The molecule has 2 nitrogen and oxygen atoms in total. The van der Waals surface area contributed by atoms with Crippen molar-refractivity contribution in [2.75, 3.05) is 5.73 Å². The van der Waals surface area contributed by atoms with Crippen molar-refractivity contribution in [1.29, 1.82) is 0 Å². The van der Waals surface area contributed by atoms with Crippen LogP contribution in [0.3, 0.4) is 0 Å². The zero-order valence-electron chi connectivity index (χ0n) is 5.06. The average molecular weight is 143 g/mol. The van der Waals surface area contributed by atoms with E-state index in [1.807, 2.05) is 6.92 Å². The van der Waals surface area contributed by atoms with Crippen molar-refractivity contribution >= 4 is 17.3 Å². The fourth-order valence-corrected chi connectivity index (χ4v) is 0.913. The van der Waals surface area contributed by atoms with E-state index in [1.54, 1.807) is 12.1 Å².